The number of aromatic nitrogens is 2. The van der Waals surface area contributed by atoms with Gasteiger partial charge in [0.15, 0.2) is 0 Å². The molecule has 0 atom stereocenters. The molecule has 2 rings (SSSR count). The molecule has 80 valence electrons. The molecule has 0 aliphatic heterocycles. The Hall–Kier alpha value is -1.02. The van der Waals surface area contributed by atoms with E-state index in [1.165, 1.54) is 18.5 Å². The second-order valence-electron chi connectivity index (χ2n) is 3.67. The smallest absolute Gasteiger partial charge is 0.136 e. The Morgan fingerprint density at radius 2 is 2.13 bits per heavy atom. The van der Waals surface area contributed by atoms with Gasteiger partial charge in [0.2, 0.25) is 0 Å². The Morgan fingerprint density at radius 3 is 3.00 bits per heavy atom. The van der Waals surface area contributed by atoms with Crippen molar-refractivity contribution in [1.82, 2.24) is 9.38 Å². The number of hydrogen-bond acceptors (Lipinski definition) is 1. The van der Waals surface area contributed by atoms with Crippen LogP contribution >= 0.6 is 11.6 Å². The number of unbranched alkanes of at least 4 members (excludes halogenated alkanes) is 2. The highest BCUT2D eigenvalue weighted by atomic mass is 35.5. The molecule has 0 amide bonds. The normalized spacial score (nSPS) is 11.0. The van der Waals surface area contributed by atoms with Gasteiger partial charge in [-0.3, -0.25) is 0 Å². The first kappa shape index (κ1) is 10.5. The molecule has 0 aliphatic rings. The van der Waals surface area contributed by atoms with Gasteiger partial charge in [0.05, 0.1) is 0 Å². The standard InChI is InChI=1S/C12H15ClN2/c13-8-3-1-2-5-11-6-4-7-12-14-9-10-15(11)12/h4,6-7,9-10H,1-3,5,8H2. The second-order valence-corrected chi connectivity index (χ2v) is 4.05. The Bertz CT molecular complexity index is 422. The quantitative estimate of drug-likeness (QED) is 0.561. The summed E-state index contributed by atoms with van der Waals surface area (Å²) in [6, 6.07) is 6.26. The van der Waals surface area contributed by atoms with Gasteiger partial charge in [0, 0.05) is 24.0 Å². The summed E-state index contributed by atoms with van der Waals surface area (Å²) in [5.74, 6) is 0.773. The molecule has 2 heterocycles. The van der Waals surface area contributed by atoms with Crippen LogP contribution in [0.15, 0.2) is 30.6 Å². The van der Waals surface area contributed by atoms with Crippen molar-refractivity contribution in [2.24, 2.45) is 0 Å². The zero-order valence-electron chi connectivity index (χ0n) is 8.69. The van der Waals surface area contributed by atoms with Crippen LogP contribution in [0.2, 0.25) is 0 Å². The van der Waals surface area contributed by atoms with E-state index in [9.17, 15) is 0 Å². The topological polar surface area (TPSA) is 17.3 Å². The van der Waals surface area contributed by atoms with Crippen LogP contribution in [0.5, 0.6) is 0 Å². The van der Waals surface area contributed by atoms with Crippen molar-refractivity contribution < 1.29 is 0 Å². The summed E-state index contributed by atoms with van der Waals surface area (Å²) >= 11 is 5.65. The molecule has 15 heavy (non-hydrogen) atoms. The highest BCUT2D eigenvalue weighted by molar-refractivity contribution is 6.17. The van der Waals surface area contributed by atoms with E-state index in [0.717, 1.165) is 24.4 Å². The van der Waals surface area contributed by atoms with E-state index < -0.39 is 0 Å². The van der Waals surface area contributed by atoms with Gasteiger partial charge in [-0.1, -0.05) is 12.5 Å². The number of aryl methyl sites for hydroxylation is 1. The van der Waals surface area contributed by atoms with E-state index in [2.05, 4.69) is 21.5 Å². The van der Waals surface area contributed by atoms with Crippen LogP contribution in [0.25, 0.3) is 5.65 Å². The maximum atomic E-state index is 5.65. The number of rotatable bonds is 5. The first-order valence-electron chi connectivity index (χ1n) is 5.39. The van der Waals surface area contributed by atoms with Gasteiger partial charge in [0.1, 0.15) is 5.65 Å². The van der Waals surface area contributed by atoms with Crippen LogP contribution < -0.4 is 0 Å². The number of fused-ring (bicyclic) bond motifs is 1. The molecule has 0 spiro atoms. The molecular formula is C12H15ClN2. The van der Waals surface area contributed by atoms with Gasteiger partial charge in [-0.25, -0.2) is 4.98 Å². The van der Waals surface area contributed by atoms with Gasteiger partial charge in [-0.15, -0.1) is 11.6 Å². The van der Waals surface area contributed by atoms with Crippen LogP contribution in [0.4, 0.5) is 0 Å². The van der Waals surface area contributed by atoms with E-state index in [4.69, 9.17) is 11.6 Å². The number of nitrogens with zero attached hydrogens (tertiary/aromatic N) is 2. The number of pyridine rings is 1. The molecule has 0 saturated heterocycles. The summed E-state index contributed by atoms with van der Waals surface area (Å²) in [5.41, 5.74) is 2.37. The zero-order valence-corrected chi connectivity index (χ0v) is 9.45. The van der Waals surface area contributed by atoms with Gasteiger partial charge >= 0.3 is 0 Å². The zero-order chi connectivity index (χ0) is 10.5. The fraction of sp³-hybridized carbons (Fsp3) is 0.417. The molecular weight excluding hydrogens is 208 g/mol. The third-order valence-electron chi connectivity index (χ3n) is 2.58. The summed E-state index contributed by atoms with van der Waals surface area (Å²) < 4.78 is 2.15. The first-order chi connectivity index (χ1) is 7.42. The summed E-state index contributed by atoms with van der Waals surface area (Å²) in [6.45, 7) is 0. The summed E-state index contributed by atoms with van der Waals surface area (Å²) in [4.78, 5) is 4.27. The lowest BCUT2D eigenvalue weighted by Crippen LogP contribution is -1.95. The minimum atomic E-state index is 0.773. The van der Waals surface area contributed by atoms with Crippen LogP contribution in [0.3, 0.4) is 0 Å². The Kier molecular flexibility index (Phi) is 3.62. The van der Waals surface area contributed by atoms with Crippen LogP contribution in [0.1, 0.15) is 25.0 Å². The van der Waals surface area contributed by atoms with Crippen LogP contribution in [-0.2, 0) is 6.42 Å². The highest BCUT2D eigenvalue weighted by Crippen LogP contribution is 2.10. The van der Waals surface area contributed by atoms with Gasteiger partial charge < -0.3 is 4.40 Å². The van der Waals surface area contributed by atoms with E-state index >= 15 is 0 Å². The molecule has 0 radical (unpaired) electrons. The average Bonchev–Trinajstić information content (AvgIpc) is 2.73. The SMILES string of the molecule is ClCCCCCc1cccc2nccn12. The minimum absolute atomic E-state index is 0.773. The van der Waals surface area contributed by atoms with Crippen molar-refractivity contribution >= 4 is 17.2 Å². The predicted molar refractivity (Wildman–Crippen MR) is 63.5 cm³/mol. The molecule has 0 saturated carbocycles. The predicted octanol–water partition coefficient (Wildman–Crippen LogP) is 3.29. The lowest BCUT2D eigenvalue weighted by atomic mass is 10.1. The fourth-order valence-electron chi connectivity index (χ4n) is 1.79. The molecule has 0 N–H and O–H groups in total. The van der Waals surface area contributed by atoms with Gasteiger partial charge in [-0.2, -0.15) is 0 Å². The molecule has 2 aromatic rings. The summed E-state index contributed by atoms with van der Waals surface area (Å²) in [6.07, 6.45) is 8.48. The van der Waals surface area contributed by atoms with E-state index in [-0.39, 0.29) is 0 Å². The van der Waals surface area contributed by atoms with Crippen molar-refractivity contribution in [1.29, 1.82) is 0 Å². The summed E-state index contributed by atoms with van der Waals surface area (Å²) in [5, 5.41) is 0. The van der Waals surface area contributed by atoms with Crippen molar-refractivity contribution in [3.05, 3.63) is 36.3 Å². The molecule has 3 heteroatoms. The van der Waals surface area contributed by atoms with E-state index in [1.54, 1.807) is 0 Å². The van der Waals surface area contributed by atoms with E-state index in [1.807, 2.05) is 18.5 Å². The van der Waals surface area contributed by atoms with E-state index in [0.29, 0.717) is 0 Å². The van der Waals surface area contributed by atoms with Crippen molar-refractivity contribution in [3.63, 3.8) is 0 Å². The number of imidazole rings is 1. The van der Waals surface area contributed by atoms with Gasteiger partial charge in [0.25, 0.3) is 0 Å². The first-order valence-corrected chi connectivity index (χ1v) is 5.92. The lowest BCUT2D eigenvalue weighted by molar-refractivity contribution is 0.705. The average molecular weight is 223 g/mol. The van der Waals surface area contributed by atoms with Crippen molar-refractivity contribution in [2.45, 2.75) is 25.7 Å². The maximum absolute atomic E-state index is 5.65. The monoisotopic (exact) mass is 222 g/mol. The molecule has 0 aromatic carbocycles. The molecule has 0 bridgehead atoms. The van der Waals surface area contributed by atoms with Crippen molar-refractivity contribution in [3.8, 4) is 0 Å². The number of alkyl halides is 1. The van der Waals surface area contributed by atoms with Crippen molar-refractivity contribution in [2.75, 3.05) is 5.88 Å². The lowest BCUT2D eigenvalue weighted by Gasteiger charge is -2.04. The Morgan fingerprint density at radius 1 is 1.20 bits per heavy atom. The number of halogens is 1. The minimum Gasteiger partial charge on any atom is -0.304 e. The summed E-state index contributed by atoms with van der Waals surface area (Å²) in [7, 11) is 0. The molecule has 0 aliphatic carbocycles. The molecule has 2 nitrogen and oxygen atoms in total. The number of hydrogen-bond donors (Lipinski definition) is 0. The largest absolute Gasteiger partial charge is 0.304 e. The maximum Gasteiger partial charge on any atom is 0.136 e. The highest BCUT2D eigenvalue weighted by Gasteiger charge is 1.99. The fourth-order valence-corrected chi connectivity index (χ4v) is 1.98. The van der Waals surface area contributed by atoms with Crippen LogP contribution in [-0.4, -0.2) is 15.3 Å². The van der Waals surface area contributed by atoms with Gasteiger partial charge in [-0.05, 0) is 31.4 Å². The molecule has 0 fully saturated rings. The third kappa shape index (κ3) is 2.51. The third-order valence-corrected chi connectivity index (χ3v) is 2.85. The second kappa shape index (κ2) is 5.17. The Labute approximate surface area is 94.9 Å². The molecule has 2 aromatic heterocycles. The Balaban J connectivity index is 2.04. The van der Waals surface area contributed by atoms with Crippen LogP contribution in [0, 0.1) is 0 Å². The molecule has 0 unspecified atom stereocenters.